The molecule has 0 unspecified atom stereocenters. The number of anilines is 1. The number of aromatic hydroxyl groups is 1. The first kappa shape index (κ1) is 21.1. The summed E-state index contributed by atoms with van der Waals surface area (Å²) in [6, 6.07) is 17.6. The lowest BCUT2D eigenvalue weighted by atomic mass is 9.97. The van der Waals surface area contributed by atoms with Gasteiger partial charge in [-0.15, -0.1) is 0 Å². The molecule has 0 radical (unpaired) electrons. The summed E-state index contributed by atoms with van der Waals surface area (Å²) < 4.78 is 24.4. The summed E-state index contributed by atoms with van der Waals surface area (Å²) in [7, 11) is -3.49. The van der Waals surface area contributed by atoms with Crippen molar-refractivity contribution >= 4 is 27.3 Å². The summed E-state index contributed by atoms with van der Waals surface area (Å²) in [4.78, 5) is 12.8. The minimum Gasteiger partial charge on any atom is -0.508 e. The van der Waals surface area contributed by atoms with Crippen LogP contribution in [0.15, 0.2) is 71.6 Å². The summed E-state index contributed by atoms with van der Waals surface area (Å²) in [5.74, 6) is -0.505. The number of nitrogens with two attached hydrogens (primary N) is 1. The van der Waals surface area contributed by atoms with Gasteiger partial charge < -0.3 is 16.2 Å². The standard InChI is InChI=1S/C22H21N3O4S/c1-30(28,29)20-8-3-2-7-19(20)18-10-9-17(26)12-15(18)13-21(27)25-16-6-4-5-14(11-16)22(23)24/h2-12,26H,13H2,1H3,(H3,23,24)(H,25,27). The molecule has 30 heavy (non-hydrogen) atoms. The Kier molecular flexibility index (Phi) is 5.89. The minimum atomic E-state index is -3.49. The number of hydrogen-bond acceptors (Lipinski definition) is 5. The Bertz CT molecular complexity index is 1240. The Balaban J connectivity index is 1.95. The van der Waals surface area contributed by atoms with Gasteiger partial charge in [0, 0.05) is 23.1 Å². The largest absolute Gasteiger partial charge is 0.508 e. The molecule has 0 saturated heterocycles. The molecule has 1 amide bonds. The molecule has 0 aliphatic heterocycles. The van der Waals surface area contributed by atoms with Gasteiger partial charge in [0.25, 0.3) is 0 Å². The molecule has 0 heterocycles. The van der Waals surface area contributed by atoms with Crippen LogP contribution < -0.4 is 11.1 Å². The van der Waals surface area contributed by atoms with Crippen LogP contribution in [-0.4, -0.2) is 31.5 Å². The summed E-state index contributed by atoms with van der Waals surface area (Å²) >= 11 is 0. The molecule has 154 valence electrons. The predicted molar refractivity (Wildman–Crippen MR) is 116 cm³/mol. The van der Waals surface area contributed by atoms with Crippen molar-refractivity contribution in [3.8, 4) is 16.9 Å². The zero-order valence-electron chi connectivity index (χ0n) is 16.2. The number of benzene rings is 3. The highest BCUT2D eigenvalue weighted by Gasteiger charge is 2.18. The van der Waals surface area contributed by atoms with E-state index in [1.807, 2.05) is 0 Å². The summed E-state index contributed by atoms with van der Waals surface area (Å²) in [5, 5.41) is 20.2. The van der Waals surface area contributed by atoms with Gasteiger partial charge in [-0.1, -0.05) is 36.4 Å². The zero-order valence-corrected chi connectivity index (χ0v) is 17.0. The minimum absolute atomic E-state index is 0.0306. The molecule has 0 spiro atoms. The van der Waals surface area contributed by atoms with E-state index in [-0.39, 0.29) is 28.8 Å². The molecule has 0 aliphatic carbocycles. The Morgan fingerprint density at radius 3 is 2.47 bits per heavy atom. The third kappa shape index (κ3) is 4.84. The van der Waals surface area contributed by atoms with Crippen molar-refractivity contribution in [3.63, 3.8) is 0 Å². The summed E-state index contributed by atoms with van der Waals surface area (Å²) in [6.45, 7) is 0. The molecule has 7 nitrogen and oxygen atoms in total. The van der Waals surface area contributed by atoms with Crippen LogP contribution in [0.3, 0.4) is 0 Å². The number of nitrogen functional groups attached to an aromatic ring is 1. The first-order valence-electron chi connectivity index (χ1n) is 9.01. The van der Waals surface area contributed by atoms with Gasteiger partial charge in [-0.2, -0.15) is 0 Å². The van der Waals surface area contributed by atoms with E-state index in [4.69, 9.17) is 11.1 Å². The van der Waals surface area contributed by atoms with Gasteiger partial charge in [0.15, 0.2) is 9.84 Å². The molecule has 0 fully saturated rings. The predicted octanol–water partition coefficient (Wildman–Crippen LogP) is 2.93. The Labute approximate surface area is 174 Å². The molecule has 0 atom stereocenters. The molecular formula is C22H21N3O4S. The molecular weight excluding hydrogens is 402 g/mol. The van der Waals surface area contributed by atoms with Gasteiger partial charge in [0.05, 0.1) is 11.3 Å². The van der Waals surface area contributed by atoms with Gasteiger partial charge in [-0.05, 0) is 41.5 Å². The number of carbonyl (C=O) groups is 1. The molecule has 3 aromatic carbocycles. The molecule has 0 aromatic heterocycles. The third-order valence-electron chi connectivity index (χ3n) is 4.47. The second-order valence-electron chi connectivity index (χ2n) is 6.83. The summed E-state index contributed by atoms with van der Waals surface area (Å²) in [6.07, 6.45) is 1.03. The van der Waals surface area contributed by atoms with Crippen LogP contribution >= 0.6 is 0 Å². The fourth-order valence-electron chi connectivity index (χ4n) is 3.14. The van der Waals surface area contributed by atoms with Crippen molar-refractivity contribution in [1.29, 1.82) is 5.41 Å². The number of amidine groups is 1. The van der Waals surface area contributed by atoms with Crippen LogP contribution in [0.25, 0.3) is 11.1 Å². The van der Waals surface area contributed by atoms with E-state index < -0.39 is 9.84 Å². The smallest absolute Gasteiger partial charge is 0.228 e. The maximum atomic E-state index is 12.6. The number of amides is 1. The fraction of sp³-hybridized carbons (Fsp3) is 0.0909. The van der Waals surface area contributed by atoms with Crippen LogP contribution in [0.2, 0.25) is 0 Å². The van der Waals surface area contributed by atoms with Gasteiger partial charge in [-0.25, -0.2) is 8.42 Å². The van der Waals surface area contributed by atoms with Crippen molar-refractivity contribution in [2.24, 2.45) is 5.73 Å². The quantitative estimate of drug-likeness (QED) is 0.357. The van der Waals surface area contributed by atoms with Crippen molar-refractivity contribution in [2.45, 2.75) is 11.3 Å². The third-order valence-corrected chi connectivity index (χ3v) is 5.63. The molecule has 3 rings (SSSR count). The van der Waals surface area contributed by atoms with E-state index in [1.165, 1.54) is 18.2 Å². The maximum Gasteiger partial charge on any atom is 0.228 e. The van der Waals surface area contributed by atoms with E-state index >= 15 is 0 Å². The number of sulfone groups is 1. The Hall–Kier alpha value is -3.65. The van der Waals surface area contributed by atoms with E-state index in [0.29, 0.717) is 27.9 Å². The van der Waals surface area contributed by atoms with Crippen molar-refractivity contribution in [2.75, 3.05) is 11.6 Å². The normalized spacial score (nSPS) is 11.1. The lowest BCUT2D eigenvalue weighted by molar-refractivity contribution is -0.115. The molecule has 0 saturated carbocycles. The first-order chi connectivity index (χ1) is 14.1. The van der Waals surface area contributed by atoms with Gasteiger partial charge in [0.2, 0.25) is 5.91 Å². The average Bonchev–Trinajstić information content (AvgIpc) is 2.67. The molecule has 8 heteroatoms. The number of phenols is 1. The van der Waals surface area contributed by atoms with E-state index in [0.717, 1.165) is 6.26 Å². The number of carbonyl (C=O) groups excluding carboxylic acids is 1. The molecule has 0 aliphatic rings. The van der Waals surface area contributed by atoms with Crippen molar-refractivity contribution in [1.82, 2.24) is 0 Å². The first-order valence-corrected chi connectivity index (χ1v) is 10.9. The van der Waals surface area contributed by atoms with Gasteiger partial charge >= 0.3 is 0 Å². The van der Waals surface area contributed by atoms with Crippen molar-refractivity contribution in [3.05, 3.63) is 77.9 Å². The summed E-state index contributed by atoms with van der Waals surface area (Å²) in [5.41, 5.74) is 7.92. The maximum absolute atomic E-state index is 12.6. The van der Waals surface area contributed by atoms with Crippen LogP contribution in [0, 0.1) is 5.41 Å². The number of hydrogen-bond donors (Lipinski definition) is 4. The fourth-order valence-corrected chi connectivity index (χ4v) is 4.05. The zero-order chi connectivity index (χ0) is 21.9. The van der Waals surface area contributed by atoms with E-state index in [1.54, 1.807) is 48.5 Å². The number of phenolic OH excluding ortho intramolecular Hbond substituents is 1. The monoisotopic (exact) mass is 423 g/mol. The van der Waals surface area contributed by atoms with E-state index in [9.17, 15) is 18.3 Å². The average molecular weight is 423 g/mol. The second-order valence-corrected chi connectivity index (χ2v) is 8.81. The molecule has 0 bridgehead atoms. The number of rotatable bonds is 6. The van der Waals surface area contributed by atoms with Gasteiger partial charge in [-0.3, -0.25) is 10.2 Å². The molecule has 3 aromatic rings. The lowest BCUT2D eigenvalue weighted by Crippen LogP contribution is -2.16. The van der Waals surface area contributed by atoms with Crippen LogP contribution in [0.5, 0.6) is 5.75 Å². The van der Waals surface area contributed by atoms with Gasteiger partial charge in [0.1, 0.15) is 11.6 Å². The second kappa shape index (κ2) is 8.38. The molecule has 5 N–H and O–H groups in total. The highest BCUT2D eigenvalue weighted by atomic mass is 32.2. The van der Waals surface area contributed by atoms with Crippen LogP contribution in [0.1, 0.15) is 11.1 Å². The Morgan fingerprint density at radius 1 is 1.03 bits per heavy atom. The van der Waals surface area contributed by atoms with Crippen molar-refractivity contribution < 1.29 is 18.3 Å². The van der Waals surface area contributed by atoms with Crippen LogP contribution in [-0.2, 0) is 21.1 Å². The lowest BCUT2D eigenvalue weighted by Gasteiger charge is -2.14. The van der Waals surface area contributed by atoms with E-state index in [2.05, 4.69) is 5.32 Å². The SMILES string of the molecule is CS(=O)(=O)c1ccccc1-c1ccc(O)cc1CC(=O)Nc1cccc(C(=N)N)c1. The number of nitrogens with one attached hydrogen (secondary N) is 2. The highest BCUT2D eigenvalue weighted by molar-refractivity contribution is 7.90. The topological polar surface area (TPSA) is 133 Å². The van der Waals surface area contributed by atoms with Crippen LogP contribution in [0.4, 0.5) is 5.69 Å². The Morgan fingerprint density at radius 2 is 1.77 bits per heavy atom. The highest BCUT2D eigenvalue weighted by Crippen LogP contribution is 2.32.